The maximum atomic E-state index is 12.8. The predicted octanol–water partition coefficient (Wildman–Crippen LogP) is 3.73. The average Bonchev–Trinajstić information content (AvgIpc) is 2.47. The number of halogens is 1. The number of nitrogens with zero attached hydrogens (tertiary/aromatic N) is 1. The van der Waals surface area contributed by atoms with Crippen LogP contribution >= 0.6 is 0 Å². The molecule has 0 fully saturated rings. The Bertz CT molecular complexity index is 607. The van der Waals surface area contributed by atoms with Crippen LogP contribution in [0.3, 0.4) is 0 Å². The monoisotopic (exact) mass is 285 g/mol. The molecule has 3 heteroatoms. The van der Waals surface area contributed by atoms with Crippen LogP contribution in [0.25, 0.3) is 0 Å². The topological polar surface area (TPSA) is 20.3 Å². The second-order valence-electron chi connectivity index (χ2n) is 5.37. The number of hydrogen-bond acceptors (Lipinski definition) is 1. The molecule has 0 radical (unpaired) electrons. The number of carbonyl (C=O) groups excluding carboxylic acids is 1. The van der Waals surface area contributed by atoms with Crippen molar-refractivity contribution in [3.8, 4) is 0 Å². The van der Waals surface area contributed by atoms with Gasteiger partial charge < -0.3 is 4.90 Å². The van der Waals surface area contributed by atoms with Crippen molar-refractivity contribution in [1.82, 2.24) is 4.90 Å². The van der Waals surface area contributed by atoms with Gasteiger partial charge in [-0.3, -0.25) is 4.79 Å². The van der Waals surface area contributed by atoms with Gasteiger partial charge in [0.05, 0.1) is 0 Å². The summed E-state index contributed by atoms with van der Waals surface area (Å²) in [6.45, 7) is 2.55. The first-order chi connectivity index (χ1) is 10.0. The fraction of sp³-hybridized carbons (Fsp3) is 0.278. The van der Waals surface area contributed by atoms with Crippen molar-refractivity contribution in [2.75, 3.05) is 7.05 Å². The fourth-order valence-electron chi connectivity index (χ4n) is 2.26. The van der Waals surface area contributed by atoms with Gasteiger partial charge in [0.2, 0.25) is 5.91 Å². The van der Waals surface area contributed by atoms with E-state index in [-0.39, 0.29) is 11.7 Å². The highest BCUT2D eigenvalue weighted by Gasteiger charge is 2.09. The lowest BCUT2D eigenvalue weighted by Gasteiger charge is -2.17. The van der Waals surface area contributed by atoms with E-state index in [0.29, 0.717) is 13.0 Å². The molecule has 0 aliphatic rings. The molecule has 0 N–H and O–H groups in total. The van der Waals surface area contributed by atoms with Crippen LogP contribution in [0.4, 0.5) is 4.39 Å². The van der Waals surface area contributed by atoms with Crippen LogP contribution in [0.2, 0.25) is 0 Å². The lowest BCUT2D eigenvalue weighted by Crippen LogP contribution is -2.26. The van der Waals surface area contributed by atoms with Gasteiger partial charge in [-0.25, -0.2) is 4.39 Å². The van der Waals surface area contributed by atoms with Crippen molar-refractivity contribution < 1.29 is 9.18 Å². The van der Waals surface area contributed by atoms with Crippen LogP contribution in [0, 0.1) is 12.7 Å². The molecule has 0 atom stereocenters. The molecule has 2 nitrogen and oxygen atoms in total. The van der Waals surface area contributed by atoms with Crippen LogP contribution in [0.15, 0.2) is 48.5 Å². The zero-order valence-corrected chi connectivity index (χ0v) is 12.5. The van der Waals surface area contributed by atoms with Gasteiger partial charge in [0.15, 0.2) is 0 Å². The second kappa shape index (κ2) is 7.02. The smallest absolute Gasteiger partial charge is 0.222 e. The molecule has 0 saturated carbocycles. The van der Waals surface area contributed by atoms with Crippen LogP contribution in [-0.4, -0.2) is 17.9 Å². The molecule has 0 unspecified atom stereocenters. The number of aryl methyl sites for hydroxylation is 2. The standard InChI is InChI=1S/C18H20FNO/c1-14-4-3-5-15(12-14)8-11-18(21)20(2)13-16-6-9-17(19)10-7-16/h3-7,9-10,12H,8,11,13H2,1-2H3. The van der Waals surface area contributed by atoms with Crippen molar-refractivity contribution >= 4 is 5.91 Å². The van der Waals surface area contributed by atoms with E-state index in [4.69, 9.17) is 0 Å². The van der Waals surface area contributed by atoms with Crippen molar-refractivity contribution in [2.45, 2.75) is 26.3 Å². The van der Waals surface area contributed by atoms with Crippen LogP contribution in [0.5, 0.6) is 0 Å². The van der Waals surface area contributed by atoms with Gasteiger partial charge in [-0.2, -0.15) is 0 Å². The van der Waals surface area contributed by atoms with E-state index in [1.54, 1.807) is 24.1 Å². The van der Waals surface area contributed by atoms with Gasteiger partial charge in [-0.15, -0.1) is 0 Å². The Balaban J connectivity index is 1.86. The molecular weight excluding hydrogens is 265 g/mol. The molecule has 0 aromatic heterocycles. The molecule has 2 rings (SSSR count). The van der Waals surface area contributed by atoms with Crippen molar-refractivity contribution in [3.63, 3.8) is 0 Å². The summed E-state index contributed by atoms with van der Waals surface area (Å²) >= 11 is 0. The van der Waals surface area contributed by atoms with E-state index in [1.165, 1.54) is 23.3 Å². The number of hydrogen-bond donors (Lipinski definition) is 0. The van der Waals surface area contributed by atoms with E-state index in [0.717, 1.165) is 12.0 Å². The third-order valence-corrected chi connectivity index (χ3v) is 3.47. The Hall–Kier alpha value is -2.16. The van der Waals surface area contributed by atoms with E-state index in [2.05, 4.69) is 6.07 Å². The van der Waals surface area contributed by atoms with Gasteiger partial charge in [0.1, 0.15) is 5.82 Å². The maximum absolute atomic E-state index is 12.8. The zero-order valence-electron chi connectivity index (χ0n) is 12.5. The minimum Gasteiger partial charge on any atom is -0.341 e. The summed E-state index contributed by atoms with van der Waals surface area (Å²) < 4.78 is 12.8. The summed E-state index contributed by atoms with van der Waals surface area (Å²) in [7, 11) is 1.78. The minimum absolute atomic E-state index is 0.0980. The molecule has 0 heterocycles. The summed E-state index contributed by atoms with van der Waals surface area (Å²) in [6, 6.07) is 14.5. The first kappa shape index (κ1) is 15.2. The van der Waals surface area contributed by atoms with Crippen molar-refractivity contribution in [2.24, 2.45) is 0 Å². The highest BCUT2D eigenvalue weighted by Crippen LogP contribution is 2.10. The molecular formula is C18H20FNO. The Kier molecular flexibility index (Phi) is 5.09. The van der Waals surface area contributed by atoms with Gasteiger partial charge in [-0.1, -0.05) is 42.0 Å². The van der Waals surface area contributed by atoms with Gasteiger partial charge in [0, 0.05) is 20.0 Å². The number of benzene rings is 2. The first-order valence-electron chi connectivity index (χ1n) is 7.08. The molecule has 21 heavy (non-hydrogen) atoms. The summed E-state index contributed by atoms with van der Waals surface area (Å²) in [5.74, 6) is -0.159. The molecule has 0 aliphatic heterocycles. The molecule has 0 aliphatic carbocycles. The second-order valence-corrected chi connectivity index (χ2v) is 5.37. The fourth-order valence-corrected chi connectivity index (χ4v) is 2.26. The lowest BCUT2D eigenvalue weighted by molar-refractivity contribution is -0.130. The summed E-state index contributed by atoms with van der Waals surface area (Å²) in [4.78, 5) is 13.8. The molecule has 110 valence electrons. The quantitative estimate of drug-likeness (QED) is 0.820. The minimum atomic E-state index is -0.257. The molecule has 1 amide bonds. The number of carbonyl (C=O) groups is 1. The molecule has 0 bridgehead atoms. The SMILES string of the molecule is Cc1cccc(CCC(=O)N(C)Cc2ccc(F)cc2)c1. The van der Waals surface area contributed by atoms with Gasteiger partial charge >= 0.3 is 0 Å². The highest BCUT2D eigenvalue weighted by atomic mass is 19.1. The summed E-state index contributed by atoms with van der Waals surface area (Å²) in [5.41, 5.74) is 3.32. The van der Waals surface area contributed by atoms with Crippen LogP contribution in [-0.2, 0) is 17.8 Å². The number of amides is 1. The third-order valence-electron chi connectivity index (χ3n) is 3.47. The summed E-state index contributed by atoms with van der Waals surface area (Å²) in [6.07, 6.45) is 1.23. The van der Waals surface area contributed by atoms with Crippen molar-refractivity contribution in [3.05, 3.63) is 71.0 Å². The maximum Gasteiger partial charge on any atom is 0.222 e. The lowest BCUT2D eigenvalue weighted by atomic mass is 10.1. The van der Waals surface area contributed by atoms with E-state index >= 15 is 0 Å². The van der Waals surface area contributed by atoms with Crippen LogP contribution in [0.1, 0.15) is 23.1 Å². The van der Waals surface area contributed by atoms with Gasteiger partial charge in [-0.05, 0) is 36.6 Å². The Labute approximate surface area is 125 Å². The van der Waals surface area contributed by atoms with Crippen molar-refractivity contribution in [1.29, 1.82) is 0 Å². The molecule has 2 aromatic rings. The molecule has 2 aromatic carbocycles. The van der Waals surface area contributed by atoms with E-state index < -0.39 is 0 Å². The Morgan fingerprint density at radius 2 is 1.81 bits per heavy atom. The summed E-state index contributed by atoms with van der Waals surface area (Å²) in [5, 5.41) is 0. The van der Waals surface area contributed by atoms with Gasteiger partial charge in [0.25, 0.3) is 0 Å². The third kappa shape index (κ3) is 4.71. The molecule has 0 saturated heterocycles. The normalized spacial score (nSPS) is 10.4. The van der Waals surface area contributed by atoms with E-state index in [9.17, 15) is 9.18 Å². The first-order valence-corrected chi connectivity index (χ1v) is 7.08. The largest absolute Gasteiger partial charge is 0.341 e. The predicted molar refractivity (Wildman–Crippen MR) is 82.4 cm³/mol. The molecule has 0 spiro atoms. The average molecular weight is 285 g/mol. The van der Waals surface area contributed by atoms with Crippen LogP contribution < -0.4 is 0 Å². The zero-order chi connectivity index (χ0) is 15.2. The Morgan fingerprint density at radius 1 is 1.10 bits per heavy atom. The Morgan fingerprint density at radius 3 is 2.48 bits per heavy atom. The highest BCUT2D eigenvalue weighted by molar-refractivity contribution is 5.76. The number of rotatable bonds is 5. The van der Waals surface area contributed by atoms with E-state index in [1.807, 2.05) is 25.1 Å².